The summed E-state index contributed by atoms with van der Waals surface area (Å²) in [5.41, 5.74) is 2.46. The Morgan fingerprint density at radius 2 is 1.71 bits per heavy atom. The molecular weight excluding hydrogens is 750 g/mol. The van der Waals surface area contributed by atoms with Crippen LogP contribution in [0.5, 0.6) is 5.75 Å². The van der Waals surface area contributed by atoms with E-state index in [0.717, 1.165) is 33.0 Å². The third-order valence-electron chi connectivity index (χ3n) is 4.08. The number of nitriles is 1. The van der Waals surface area contributed by atoms with E-state index in [1.54, 1.807) is 18.2 Å². The van der Waals surface area contributed by atoms with Crippen molar-refractivity contribution in [3.05, 3.63) is 93.4 Å². The van der Waals surface area contributed by atoms with Crippen molar-refractivity contribution in [2.45, 2.75) is 6.61 Å². The predicted molar refractivity (Wildman–Crippen MR) is 147 cm³/mol. The van der Waals surface area contributed by atoms with E-state index in [2.05, 4.69) is 82.4 Å². The number of carbonyl (C=O) groups is 1. The van der Waals surface area contributed by atoms with Gasteiger partial charge in [-0.2, -0.15) is 5.26 Å². The molecule has 0 spiro atoms. The van der Waals surface area contributed by atoms with Crippen LogP contribution < -0.4 is 10.1 Å². The van der Waals surface area contributed by atoms with Gasteiger partial charge in [0, 0.05) is 14.6 Å². The number of anilines is 1. The minimum absolute atomic E-state index is 0.0232. The van der Waals surface area contributed by atoms with Crippen LogP contribution in [0.1, 0.15) is 11.1 Å². The van der Waals surface area contributed by atoms with Crippen LogP contribution in [-0.4, -0.2) is 5.91 Å². The molecule has 156 valence electrons. The molecule has 0 aromatic heterocycles. The summed E-state index contributed by atoms with van der Waals surface area (Å²) in [5.74, 6) is 0.319. The first-order chi connectivity index (χ1) is 14.9. The lowest BCUT2D eigenvalue weighted by Gasteiger charge is -2.12. The SMILES string of the molecule is N#C/C(=C/c1cc(I)c(OCc2ccc(Br)cc2)c(I)c1)C(=O)Nc1cccc(Br)c1. The minimum Gasteiger partial charge on any atom is -0.487 e. The summed E-state index contributed by atoms with van der Waals surface area (Å²) in [6, 6.07) is 20.9. The fourth-order valence-corrected chi connectivity index (χ4v) is 5.41. The molecule has 31 heavy (non-hydrogen) atoms. The summed E-state index contributed by atoms with van der Waals surface area (Å²) in [7, 11) is 0. The van der Waals surface area contributed by atoms with Crippen LogP contribution in [0.2, 0.25) is 0 Å². The van der Waals surface area contributed by atoms with E-state index in [1.165, 1.54) is 0 Å². The van der Waals surface area contributed by atoms with Gasteiger partial charge in [0.1, 0.15) is 24.0 Å². The highest BCUT2D eigenvalue weighted by Crippen LogP contribution is 2.31. The first-order valence-corrected chi connectivity index (χ1v) is 12.6. The van der Waals surface area contributed by atoms with Gasteiger partial charge in [0.15, 0.2) is 0 Å². The van der Waals surface area contributed by atoms with E-state index in [9.17, 15) is 10.1 Å². The number of halogens is 4. The summed E-state index contributed by atoms with van der Waals surface area (Å²) < 4.78 is 9.68. The second kappa shape index (κ2) is 11.4. The summed E-state index contributed by atoms with van der Waals surface area (Å²) in [5, 5.41) is 12.2. The monoisotopic (exact) mass is 762 g/mol. The molecule has 0 atom stereocenters. The Kier molecular flexibility index (Phi) is 8.95. The summed E-state index contributed by atoms with van der Waals surface area (Å²) in [4.78, 5) is 12.5. The maximum atomic E-state index is 12.5. The Morgan fingerprint density at radius 1 is 1.03 bits per heavy atom. The highest BCUT2D eigenvalue weighted by molar-refractivity contribution is 14.1. The lowest BCUT2D eigenvalue weighted by atomic mass is 10.1. The first-order valence-electron chi connectivity index (χ1n) is 8.90. The number of hydrogen-bond acceptors (Lipinski definition) is 3. The second-order valence-electron chi connectivity index (χ2n) is 6.36. The zero-order valence-electron chi connectivity index (χ0n) is 15.8. The Morgan fingerprint density at radius 3 is 2.32 bits per heavy atom. The minimum atomic E-state index is -0.457. The maximum Gasteiger partial charge on any atom is 0.266 e. The van der Waals surface area contributed by atoms with Crippen molar-refractivity contribution in [3.63, 3.8) is 0 Å². The van der Waals surface area contributed by atoms with Gasteiger partial charge >= 0.3 is 0 Å². The van der Waals surface area contributed by atoms with E-state index in [0.29, 0.717) is 12.3 Å². The maximum absolute atomic E-state index is 12.5. The van der Waals surface area contributed by atoms with Crippen molar-refractivity contribution in [3.8, 4) is 11.8 Å². The second-order valence-corrected chi connectivity index (χ2v) is 10.5. The Balaban J connectivity index is 1.76. The van der Waals surface area contributed by atoms with Gasteiger partial charge < -0.3 is 10.1 Å². The molecule has 3 aromatic rings. The predicted octanol–water partition coefficient (Wildman–Crippen LogP) is 7.55. The third-order valence-corrected chi connectivity index (χ3v) is 6.70. The average Bonchev–Trinajstić information content (AvgIpc) is 2.72. The fourth-order valence-electron chi connectivity index (χ4n) is 2.62. The van der Waals surface area contributed by atoms with Crippen molar-refractivity contribution in [2.75, 3.05) is 5.32 Å². The largest absolute Gasteiger partial charge is 0.487 e. The van der Waals surface area contributed by atoms with Gasteiger partial charge in [-0.1, -0.05) is 50.1 Å². The lowest BCUT2D eigenvalue weighted by Crippen LogP contribution is -2.13. The molecule has 4 nitrogen and oxygen atoms in total. The summed E-state index contributed by atoms with van der Waals surface area (Å²) in [6.45, 7) is 0.451. The van der Waals surface area contributed by atoms with Gasteiger partial charge in [-0.15, -0.1) is 0 Å². The molecule has 0 saturated carbocycles. The molecule has 0 aliphatic heterocycles. The molecule has 0 unspecified atom stereocenters. The van der Waals surface area contributed by atoms with Crippen LogP contribution in [0.25, 0.3) is 6.08 Å². The number of nitrogens with one attached hydrogen (secondary N) is 1. The molecule has 0 bridgehead atoms. The molecule has 3 rings (SSSR count). The normalized spacial score (nSPS) is 11.0. The van der Waals surface area contributed by atoms with Gasteiger partial charge in [-0.25, -0.2) is 0 Å². The third kappa shape index (κ3) is 7.03. The molecular formula is C23H14Br2I2N2O2. The van der Waals surface area contributed by atoms with Crippen LogP contribution in [0.4, 0.5) is 5.69 Å². The molecule has 0 radical (unpaired) electrons. The van der Waals surface area contributed by atoms with Gasteiger partial charge in [0.05, 0.1) is 7.14 Å². The van der Waals surface area contributed by atoms with Crippen molar-refractivity contribution < 1.29 is 9.53 Å². The molecule has 0 saturated heterocycles. The molecule has 0 aliphatic carbocycles. The van der Waals surface area contributed by atoms with Crippen LogP contribution >= 0.6 is 77.0 Å². The van der Waals surface area contributed by atoms with Crippen LogP contribution in [-0.2, 0) is 11.4 Å². The molecule has 1 amide bonds. The van der Waals surface area contributed by atoms with E-state index in [4.69, 9.17) is 4.74 Å². The highest BCUT2D eigenvalue weighted by atomic mass is 127. The zero-order valence-corrected chi connectivity index (χ0v) is 23.3. The summed E-state index contributed by atoms with van der Waals surface area (Å²) in [6.07, 6.45) is 1.58. The van der Waals surface area contributed by atoms with Crippen molar-refractivity contribution in [2.24, 2.45) is 0 Å². The molecule has 3 aromatic carbocycles. The molecule has 8 heteroatoms. The number of amides is 1. The van der Waals surface area contributed by atoms with Crippen LogP contribution in [0.15, 0.2) is 75.2 Å². The van der Waals surface area contributed by atoms with Gasteiger partial charge in [-0.3, -0.25) is 4.79 Å². The number of rotatable bonds is 6. The molecule has 0 heterocycles. The van der Waals surface area contributed by atoms with E-state index in [1.807, 2.05) is 54.6 Å². The highest BCUT2D eigenvalue weighted by Gasteiger charge is 2.13. The summed E-state index contributed by atoms with van der Waals surface area (Å²) >= 11 is 11.2. The standard InChI is InChI=1S/C23H14Br2I2N2O2/c24-17-6-4-14(5-7-17)13-31-22-20(26)9-15(10-21(22)27)8-16(12-28)23(30)29-19-3-1-2-18(25)11-19/h1-11H,13H2,(H,29,30)/b16-8-. The lowest BCUT2D eigenvalue weighted by molar-refractivity contribution is -0.112. The van der Waals surface area contributed by atoms with Gasteiger partial charge in [-0.05, 0) is 105 Å². The fraction of sp³-hybridized carbons (Fsp3) is 0.0435. The van der Waals surface area contributed by atoms with Crippen LogP contribution in [0, 0.1) is 18.5 Å². The van der Waals surface area contributed by atoms with E-state index >= 15 is 0 Å². The van der Waals surface area contributed by atoms with Crippen molar-refractivity contribution in [1.82, 2.24) is 0 Å². The van der Waals surface area contributed by atoms with Crippen molar-refractivity contribution >= 4 is 94.7 Å². The van der Waals surface area contributed by atoms with E-state index < -0.39 is 5.91 Å². The average molecular weight is 764 g/mol. The molecule has 1 N–H and O–H groups in total. The number of hydrogen-bond donors (Lipinski definition) is 1. The molecule has 0 fully saturated rings. The Bertz CT molecular complexity index is 1170. The Hall–Kier alpha value is -1.42. The van der Waals surface area contributed by atoms with Gasteiger partial charge in [0.25, 0.3) is 5.91 Å². The number of nitrogens with zero attached hydrogens (tertiary/aromatic N) is 1. The smallest absolute Gasteiger partial charge is 0.266 e. The Labute approximate surface area is 224 Å². The number of benzene rings is 3. The number of ether oxygens (including phenoxy) is 1. The van der Waals surface area contributed by atoms with Crippen LogP contribution in [0.3, 0.4) is 0 Å². The number of carbonyl (C=O) groups excluding carboxylic acids is 1. The topological polar surface area (TPSA) is 62.1 Å². The van der Waals surface area contributed by atoms with Crippen molar-refractivity contribution in [1.29, 1.82) is 5.26 Å². The molecule has 0 aliphatic rings. The quantitative estimate of drug-likeness (QED) is 0.160. The first kappa shape index (κ1) is 24.2. The van der Waals surface area contributed by atoms with Gasteiger partial charge in [0.2, 0.25) is 0 Å². The van der Waals surface area contributed by atoms with E-state index in [-0.39, 0.29) is 5.57 Å². The zero-order chi connectivity index (χ0) is 22.4.